The molecule has 0 atom stereocenters. The lowest BCUT2D eigenvalue weighted by molar-refractivity contribution is 0.0723. The summed E-state index contributed by atoms with van der Waals surface area (Å²) in [6, 6.07) is 0.371. The van der Waals surface area contributed by atoms with Gasteiger partial charge >= 0.3 is 0 Å². The summed E-state index contributed by atoms with van der Waals surface area (Å²) in [5.41, 5.74) is 0. The van der Waals surface area contributed by atoms with E-state index in [1.807, 2.05) is 7.05 Å². The van der Waals surface area contributed by atoms with E-state index >= 15 is 0 Å². The van der Waals surface area contributed by atoms with Gasteiger partial charge in [-0.25, -0.2) is 4.98 Å². The van der Waals surface area contributed by atoms with Gasteiger partial charge in [-0.3, -0.25) is 9.89 Å². The molecule has 0 saturated heterocycles. The summed E-state index contributed by atoms with van der Waals surface area (Å²) in [6.07, 6.45) is 6.49. The highest BCUT2D eigenvalue weighted by atomic mass is 16.2. The molecule has 0 aromatic carbocycles. The molecule has 1 aromatic heterocycles. The van der Waals surface area contributed by atoms with E-state index in [2.05, 4.69) is 22.1 Å². The Balaban J connectivity index is 2.02. The Labute approximate surface area is 102 Å². The van der Waals surface area contributed by atoms with Gasteiger partial charge in [-0.15, -0.1) is 5.10 Å². The molecule has 2 rings (SSSR count). The molecule has 94 valence electrons. The minimum absolute atomic E-state index is 0.0597. The van der Waals surface area contributed by atoms with Crippen LogP contribution in [-0.2, 0) is 6.42 Å². The van der Waals surface area contributed by atoms with Crippen molar-refractivity contribution < 1.29 is 4.79 Å². The molecule has 17 heavy (non-hydrogen) atoms. The van der Waals surface area contributed by atoms with Crippen molar-refractivity contribution in [3.8, 4) is 0 Å². The van der Waals surface area contributed by atoms with Crippen molar-refractivity contribution in [3.63, 3.8) is 0 Å². The Bertz CT molecular complexity index is 382. The van der Waals surface area contributed by atoms with Crippen molar-refractivity contribution in [1.82, 2.24) is 20.1 Å². The van der Waals surface area contributed by atoms with E-state index in [9.17, 15) is 4.79 Å². The average Bonchev–Trinajstić information content (AvgIpc) is 2.98. The van der Waals surface area contributed by atoms with Crippen LogP contribution in [0.1, 0.15) is 55.5 Å². The van der Waals surface area contributed by atoms with E-state index in [-0.39, 0.29) is 5.91 Å². The zero-order valence-electron chi connectivity index (χ0n) is 10.6. The molecule has 1 N–H and O–H groups in total. The maximum atomic E-state index is 12.1. The highest BCUT2D eigenvalue weighted by Gasteiger charge is 2.26. The lowest BCUT2D eigenvalue weighted by Crippen LogP contribution is -2.35. The van der Waals surface area contributed by atoms with Crippen LogP contribution in [0.15, 0.2) is 0 Å². The smallest absolute Gasteiger partial charge is 0.293 e. The maximum absolute atomic E-state index is 12.1. The number of carbonyl (C=O) groups is 1. The second-order valence-corrected chi connectivity index (χ2v) is 4.71. The van der Waals surface area contributed by atoms with Gasteiger partial charge in [-0.2, -0.15) is 0 Å². The maximum Gasteiger partial charge on any atom is 0.293 e. The van der Waals surface area contributed by atoms with Gasteiger partial charge in [0.15, 0.2) is 0 Å². The van der Waals surface area contributed by atoms with Crippen LogP contribution in [0.4, 0.5) is 0 Å². The number of rotatable bonds is 4. The van der Waals surface area contributed by atoms with Crippen molar-refractivity contribution in [3.05, 3.63) is 11.6 Å². The van der Waals surface area contributed by atoms with Crippen molar-refractivity contribution >= 4 is 5.91 Å². The number of hydrogen-bond acceptors (Lipinski definition) is 3. The van der Waals surface area contributed by atoms with E-state index in [1.54, 1.807) is 4.90 Å². The fourth-order valence-corrected chi connectivity index (χ4v) is 2.35. The van der Waals surface area contributed by atoms with Gasteiger partial charge in [-0.05, 0) is 19.3 Å². The van der Waals surface area contributed by atoms with Crippen molar-refractivity contribution in [2.24, 2.45) is 0 Å². The Morgan fingerprint density at radius 3 is 2.82 bits per heavy atom. The van der Waals surface area contributed by atoms with Crippen molar-refractivity contribution in [1.29, 1.82) is 0 Å². The number of amides is 1. The molecule has 1 saturated carbocycles. The highest BCUT2D eigenvalue weighted by Crippen LogP contribution is 2.23. The molecular formula is C12H20N4O. The van der Waals surface area contributed by atoms with Gasteiger partial charge in [0.2, 0.25) is 5.82 Å². The van der Waals surface area contributed by atoms with E-state index in [1.165, 1.54) is 12.8 Å². The first kappa shape index (κ1) is 12.1. The second-order valence-electron chi connectivity index (χ2n) is 4.71. The van der Waals surface area contributed by atoms with Crippen LogP contribution >= 0.6 is 0 Å². The first-order valence-corrected chi connectivity index (χ1v) is 6.40. The van der Waals surface area contributed by atoms with E-state index < -0.39 is 0 Å². The first-order chi connectivity index (χ1) is 8.22. The van der Waals surface area contributed by atoms with Crippen LogP contribution in [-0.4, -0.2) is 39.1 Å². The molecule has 1 aliphatic carbocycles. The minimum atomic E-state index is -0.0597. The summed E-state index contributed by atoms with van der Waals surface area (Å²) in [6.45, 7) is 2.08. The first-order valence-electron chi connectivity index (χ1n) is 6.40. The van der Waals surface area contributed by atoms with Crippen molar-refractivity contribution in [2.75, 3.05) is 7.05 Å². The Morgan fingerprint density at radius 1 is 1.47 bits per heavy atom. The molecule has 0 radical (unpaired) electrons. The molecule has 0 spiro atoms. The van der Waals surface area contributed by atoms with Crippen LogP contribution in [0.5, 0.6) is 0 Å². The third-order valence-corrected chi connectivity index (χ3v) is 3.40. The number of nitrogens with zero attached hydrogens (tertiary/aromatic N) is 3. The Hall–Kier alpha value is -1.39. The van der Waals surface area contributed by atoms with E-state index in [4.69, 9.17) is 0 Å². The number of carbonyl (C=O) groups excluding carboxylic acids is 1. The monoisotopic (exact) mass is 236 g/mol. The molecule has 1 amide bonds. The molecule has 5 heteroatoms. The summed E-state index contributed by atoms with van der Waals surface area (Å²) in [5.74, 6) is 1.05. The number of H-pyrrole nitrogens is 1. The standard InChI is InChI=1S/C12H20N4O/c1-3-6-10-13-11(15-14-10)12(17)16(2)9-7-4-5-8-9/h9H,3-8H2,1-2H3,(H,13,14,15). The Morgan fingerprint density at radius 2 is 2.18 bits per heavy atom. The fraction of sp³-hybridized carbons (Fsp3) is 0.750. The lowest BCUT2D eigenvalue weighted by atomic mass is 10.2. The summed E-state index contributed by atoms with van der Waals surface area (Å²) >= 11 is 0. The van der Waals surface area contributed by atoms with Gasteiger partial charge in [0.1, 0.15) is 5.82 Å². The van der Waals surface area contributed by atoms with Crippen molar-refractivity contribution in [2.45, 2.75) is 51.5 Å². The zero-order valence-corrected chi connectivity index (χ0v) is 10.6. The van der Waals surface area contributed by atoms with Gasteiger partial charge < -0.3 is 4.90 Å². The number of hydrogen-bond donors (Lipinski definition) is 1. The number of nitrogens with one attached hydrogen (secondary N) is 1. The third kappa shape index (κ3) is 2.65. The number of aromatic amines is 1. The van der Waals surface area contributed by atoms with Gasteiger partial charge in [0.05, 0.1) is 0 Å². The normalized spacial score (nSPS) is 16.4. The predicted molar refractivity (Wildman–Crippen MR) is 64.7 cm³/mol. The number of aromatic nitrogens is 3. The second kappa shape index (κ2) is 5.29. The Kier molecular flexibility index (Phi) is 3.76. The molecular weight excluding hydrogens is 216 g/mol. The van der Waals surface area contributed by atoms with Gasteiger partial charge in [-0.1, -0.05) is 19.8 Å². The summed E-state index contributed by atoms with van der Waals surface area (Å²) in [7, 11) is 1.86. The zero-order chi connectivity index (χ0) is 12.3. The quantitative estimate of drug-likeness (QED) is 0.866. The van der Waals surface area contributed by atoms with Crippen LogP contribution in [0.2, 0.25) is 0 Å². The van der Waals surface area contributed by atoms with Crippen LogP contribution < -0.4 is 0 Å². The predicted octanol–water partition coefficient (Wildman–Crippen LogP) is 1.77. The average molecular weight is 236 g/mol. The SMILES string of the molecule is CCCc1nc(C(=O)N(C)C2CCCC2)n[nH]1. The summed E-state index contributed by atoms with van der Waals surface area (Å²) in [5, 5.41) is 6.82. The molecule has 0 aliphatic heterocycles. The van der Waals surface area contributed by atoms with E-state index in [0.29, 0.717) is 11.9 Å². The molecule has 1 aliphatic rings. The largest absolute Gasteiger partial charge is 0.336 e. The van der Waals surface area contributed by atoms with Crippen LogP contribution in [0.25, 0.3) is 0 Å². The van der Waals surface area contributed by atoms with Gasteiger partial charge in [0.25, 0.3) is 5.91 Å². The molecule has 1 aromatic rings. The fourth-order valence-electron chi connectivity index (χ4n) is 2.35. The van der Waals surface area contributed by atoms with Gasteiger partial charge in [0, 0.05) is 19.5 Å². The molecule has 0 unspecified atom stereocenters. The molecule has 0 bridgehead atoms. The highest BCUT2D eigenvalue weighted by molar-refractivity contribution is 5.90. The van der Waals surface area contributed by atoms with Crippen LogP contribution in [0.3, 0.4) is 0 Å². The molecule has 5 nitrogen and oxygen atoms in total. The van der Waals surface area contributed by atoms with E-state index in [0.717, 1.165) is 31.5 Å². The van der Waals surface area contributed by atoms with Crippen LogP contribution in [0, 0.1) is 0 Å². The summed E-state index contributed by atoms with van der Waals surface area (Å²) < 4.78 is 0. The lowest BCUT2D eigenvalue weighted by Gasteiger charge is -2.22. The third-order valence-electron chi connectivity index (χ3n) is 3.40. The molecule has 1 heterocycles. The minimum Gasteiger partial charge on any atom is -0.336 e. The number of aryl methyl sites for hydroxylation is 1. The topological polar surface area (TPSA) is 61.9 Å². The molecule has 1 fully saturated rings. The summed E-state index contributed by atoms with van der Waals surface area (Å²) in [4.78, 5) is 18.2.